The minimum absolute atomic E-state index is 0. The number of rotatable bonds is 0. The van der Waals surface area contributed by atoms with E-state index >= 15 is 0 Å². The fraction of sp³-hybridized carbons (Fsp3) is 0. The third-order valence-corrected chi connectivity index (χ3v) is 1.10. The molecule has 0 aromatic carbocycles. The van der Waals surface area contributed by atoms with Gasteiger partial charge in [-0.05, 0) is 0 Å². The zero-order valence-electron chi connectivity index (χ0n) is 6.15. The van der Waals surface area contributed by atoms with Gasteiger partial charge in [0.05, 0.1) is 12.5 Å². The Kier molecular flexibility index (Phi) is 4.33. The second-order valence-electron chi connectivity index (χ2n) is 1.66. The van der Waals surface area contributed by atoms with Crippen molar-refractivity contribution in [1.29, 1.82) is 0 Å². The van der Waals surface area contributed by atoms with E-state index in [1.807, 2.05) is 0 Å². The van der Waals surface area contributed by atoms with Gasteiger partial charge in [-0.15, -0.1) is 0 Å². The molecule has 0 spiro atoms. The Labute approximate surface area is 87.7 Å². The summed E-state index contributed by atoms with van der Waals surface area (Å²) in [5.41, 5.74) is 1.59. The van der Waals surface area contributed by atoms with Crippen molar-refractivity contribution in [3.05, 3.63) is 18.9 Å². The number of fused-ring (bicyclic) bond motifs is 1. The zero-order chi connectivity index (χ0) is 6.10. The molecule has 0 saturated carbocycles. The number of hydrogen-bond acceptors (Lipinski definition) is 3. The summed E-state index contributed by atoms with van der Waals surface area (Å²) in [4.78, 5) is 14.5. The Bertz CT molecular complexity index is 292. The Hall–Kier alpha value is -0.385. The van der Waals surface area contributed by atoms with E-state index in [4.69, 9.17) is 0 Å². The number of imidazole rings is 1. The average Bonchev–Trinajstić information content (AvgIpc) is 2.33. The summed E-state index contributed by atoms with van der Waals surface area (Å²) in [5, 5.41) is 0. The van der Waals surface area contributed by atoms with Gasteiger partial charge in [-0.25, -0.2) is 15.0 Å². The molecule has 0 aliphatic heterocycles. The van der Waals surface area contributed by atoms with Crippen LogP contribution in [-0.2, 0) is 0 Å². The molecule has 2 heterocycles. The van der Waals surface area contributed by atoms with Crippen molar-refractivity contribution in [3.63, 3.8) is 0 Å². The molecule has 0 atom stereocenters. The smallest absolute Gasteiger partial charge is 1.00 e. The van der Waals surface area contributed by atoms with Crippen molar-refractivity contribution in [2.75, 3.05) is 0 Å². The first kappa shape index (κ1) is 10.6. The first-order valence-electron chi connectivity index (χ1n) is 2.56. The van der Waals surface area contributed by atoms with E-state index in [0.29, 0.717) is 5.65 Å². The molecule has 1 N–H and O–H groups in total. The third-order valence-electron chi connectivity index (χ3n) is 1.10. The van der Waals surface area contributed by atoms with Crippen LogP contribution in [0.5, 0.6) is 0 Å². The normalized spacial score (nSPS) is 8.36. The van der Waals surface area contributed by atoms with E-state index in [2.05, 4.69) is 19.9 Å². The molecule has 0 amide bonds. The summed E-state index contributed by atoms with van der Waals surface area (Å²) in [6.07, 6.45) is 4.76. The van der Waals surface area contributed by atoms with Crippen molar-refractivity contribution < 1.29 is 29.6 Å². The molecule has 2 aromatic rings. The molecule has 2 rings (SSSR count). The van der Waals surface area contributed by atoms with Crippen LogP contribution in [-0.4, -0.2) is 28.3 Å². The number of H-pyrrole nitrogens is 1. The first-order chi connectivity index (χ1) is 4.47. The van der Waals surface area contributed by atoms with Crippen LogP contribution in [0.4, 0.5) is 0 Å². The van der Waals surface area contributed by atoms with Crippen LogP contribution < -0.4 is 29.6 Å². The number of aromatic amines is 1. The van der Waals surface area contributed by atoms with Crippen LogP contribution in [0.3, 0.4) is 0 Å². The molecular formula is C5H4BN4Na. The minimum Gasteiger partial charge on any atom is -1.00 e. The third kappa shape index (κ3) is 2.02. The molecule has 4 nitrogen and oxygen atoms in total. The molecule has 0 saturated heterocycles. The first-order valence-corrected chi connectivity index (χ1v) is 2.56. The van der Waals surface area contributed by atoms with Gasteiger partial charge in [-0.1, -0.05) is 0 Å². The standard InChI is InChI=1S/C5H4N4.B.Na/c1-4-5(8-2-6-1)9-3-7-4;;/h1-3H,(H,6,7,8,9);;/q;-1;+1. The van der Waals surface area contributed by atoms with Crippen molar-refractivity contribution in [3.8, 4) is 0 Å². The largest absolute Gasteiger partial charge is 1.00 e. The summed E-state index contributed by atoms with van der Waals surface area (Å²) < 4.78 is 0. The van der Waals surface area contributed by atoms with Crippen molar-refractivity contribution >= 4 is 19.6 Å². The topological polar surface area (TPSA) is 54.5 Å². The summed E-state index contributed by atoms with van der Waals surface area (Å²) >= 11 is 0. The Morgan fingerprint density at radius 3 is 2.82 bits per heavy atom. The Morgan fingerprint density at radius 1 is 1.27 bits per heavy atom. The van der Waals surface area contributed by atoms with Crippen LogP contribution in [0.15, 0.2) is 18.9 Å². The van der Waals surface area contributed by atoms with Gasteiger partial charge in [0.1, 0.15) is 11.8 Å². The number of aromatic nitrogens is 4. The van der Waals surface area contributed by atoms with E-state index in [1.165, 1.54) is 6.33 Å². The molecule has 0 unspecified atom stereocenters. The van der Waals surface area contributed by atoms with Gasteiger partial charge in [0.25, 0.3) is 0 Å². The van der Waals surface area contributed by atoms with E-state index < -0.39 is 0 Å². The fourth-order valence-corrected chi connectivity index (χ4v) is 0.691. The summed E-state index contributed by atoms with van der Waals surface area (Å²) in [5.74, 6) is 0. The number of nitrogens with one attached hydrogen (secondary N) is 1. The molecule has 11 heavy (non-hydrogen) atoms. The quantitative estimate of drug-likeness (QED) is 0.411. The van der Waals surface area contributed by atoms with E-state index in [9.17, 15) is 0 Å². The molecule has 0 aliphatic carbocycles. The maximum atomic E-state index is 3.91. The molecule has 0 fully saturated rings. The molecule has 4 radical (unpaired) electrons. The summed E-state index contributed by atoms with van der Waals surface area (Å²) in [6.45, 7) is 0. The number of hydrogen-bond donors (Lipinski definition) is 1. The molecule has 0 aliphatic rings. The average molecular weight is 154 g/mol. The monoisotopic (exact) mass is 154 g/mol. The van der Waals surface area contributed by atoms with Gasteiger partial charge >= 0.3 is 29.6 Å². The molecule has 0 bridgehead atoms. The predicted octanol–water partition coefficient (Wildman–Crippen LogP) is -3.02. The minimum atomic E-state index is 0. The SMILES string of the molecule is [B-].[Na+].c1ncc2[nH]cnc2n1. The van der Waals surface area contributed by atoms with Gasteiger partial charge in [0, 0.05) is 0 Å². The van der Waals surface area contributed by atoms with Crippen LogP contribution in [0.1, 0.15) is 0 Å². The Balaban J connectivity index is 0.000000500. The summed E-state index contributed by atoms with van der Waals surface area (Å²) in [6, 6.07) is 0. The van der Waals surface area contributed by atoms with E-state index in [-0.39, 0.29) is 38.0 Å². The molecule has 48 valence electrons. The predicted molar refractivity (Wildman–Crippen MR) is 37.4 cm³/mol. The van der Waals surface area contributed by atoms with Crippen LogP contribution in [0.2, 0.25) is 0 Å². The second-order valence-corrected chi connectivity index (χ2v) is 1.66. The van der Waals surface area contributed by atoms with Crippen molar-refractivity contribution in [2.45, 2.75) is 0 Å². The van der Waals surface area contributed by atoms with Gasteiger partial charge in [0.15, 0.2) is 5.65 Å². The number of nitrogens with zero attached hydrogens (tertiary/aromatic N) is 3. The van der Waals surface area contributed by atoms with E-state index in [1.54, 1.807) is 12.5 Å². The molecule has 2 aromatic heterocycles. The zero-order valence-corrected chi connectivity index (χ0v) is 8.15. The maximum absolute atomic E-state index is 3.91. The second kappa shape index (κ2) is 4.48. The fourth-order valence-electron chi connectivity index (χ4n) is 0.691. The van der Waals surface area contributed by atoms with E-state index in [0.717, 1.165) is 5.52 Å². The van der Waals surface area contributed by atoms with Crippen molar-refractivity contribution in [1.82, 2.24) is 19.9 Å². The Morgan fingerprint density at radius 2 is 2.09 bits per heavy atom. The van der Waals surface area contributed by atoms with Gasteiger partial charge in [-0.3, -0.25) is 0 Å². The van der Waals surface area contributed by atoms with Gasteiger partial charge in [-0.2, -0.15) is 0 Å². The van der Waals surface area contributed by atoms with Gasteiger partial charge in [0.2, 0.25) is 0 Å². The van der Waals surface area contributed by atoms with Crippen LogP contribution in [0.25, 0.3) is 11.2 Å². The molecule has 6 heteroatoms. The van der Waals surface area contributed by atoms with Gasteiger partial charge < -0.3 is 13.4 Å². The molecular weight excluding hydrogens is 150 g/mol. The maximum Gasteiger partial charge on any atom is 1.00 e. The van der Waals surface area contributed by atoms with Crippen LogP contribution in [0, 0.1) is 0 Å². The van der Waals surface area contributed by atoms with Crippen LogP contribution >= 0.6 is 0 Å². The van der Waals surface area contributed by atoms with Crippen molar-refractivity contribution in [2.24, 2.45) is 0 Å². The summed E-state index contributed by atoms with van der Waals surface area (Å²) in [7, 11) is 0.